The molecule has 2 N–H and O–H groups in total. The molecule has 0 saturated carbocycles. The maximum Gasteiger partial charge on any atom is 0.277 e. The highest BCUT2D eigenvalue weighted by Gasteiger charge is 2.20. The zero-order chi connectivity index (χ0) is 10.7. The number of hydrogen-bond donors (Lipinski definition) is 1. The Balaban J connectivity index is 2.11. The zero-order valence-corrected chi connectivity index (χ0v) is 8.48. The van der Waals surface area contributed by atoms with Gasteiger partial charge in [-0.25, -0.2) is 5.06 Å². The lowest BCUT2D eigenvalue weighted by atomic mass is 10.1. The number of benzene rings is 1. The molecule has 4 nitrogen and oxygen atoms in total. The second-order valence-corrected chi connectivity index (χ2v) is 3.50. The Hall–Kier alpha value is -1.39. The van der Waals surface area contributed by atoms with Gasteiger partial charge in [0.15, 0.2) is 0 Å². The maximum absolute atomic E-state index is 11.8. The van der Waals surface area contributed by atoms with Crippen LogP contribution < -0.4 is 5.73 Å². The van der Waals surface area contributed by atoms with E-state index in [1.54, 1.807) is 12.1 Å². The van der Waals surface area contributed by atoms with Crippen LogP contribution in [0.15, 0.2) is 24.3 Å². The van der Waals surface area contributed by atoms with E-state index >= 15 is 0 Å². The maximum atomic E-state index is 11.8. The Morgan fingerprint density at radius 2 is 2.13 bits per heavy atom. The van der Waals surface area contributed by atoms with Crippen molar-refractivity contribution in [3.63, 3.8) is 0 Å². The first-order valence-corrected chi connectivity index (χ1v) is 5.05. The van der Waals surface area contributed by atoms with Gasteiger partial charge in [-0.3, -0.25) is 9.63 Å². The number of nitrogens with two attached hydrogens (primary N) is 1. The Kier molecular flexibility index (Phi) is 2.99. The number of carbonyl (C=O) groups excluding carboxylic acids is 1. The number of carbonyl (C=O) groups is 1. The lowest BCUT2D eigenvalue weighted by Crippen LogP contribution is -2.26. The van der Waals surface area contributed by atoms with Crippen molar-refractivity contribution in [1.29, 1.82) is 0 Å². The Bertz CT molecular complexity index is 342. The van der Waals surface area contributed by atoms with Crippen molar-refractivity contribution in [2.24, 2.45) is 5.73 Å². The third-order valence-corrected chi connectivity index (χ3v) is 2.42. The summed E-state index contributed by atoms with van der Waals surface area (Å²) in [5.41, 5.74) is 7.15. The molecule has 0 radical (unpaired) electrons. The van der Waals surface area contributed by atoms with Crippen LogP contribution >= 0.6 is 0 Å². The summed E-state index contributed by atoms with van der Waals surface area (Å²) in [6, 6.07) is 7.30. The van der Waals surface area contributed by atoms with E-state index in [1.165, 1.54) is 5.06 Å². The molecule has 1 amide bonds. The Labute approximate surface area is 88.6 Å². The van der Waals surface area contributed by atoms with Crippen molar-refractivity contribution < 1.29 is 9.63 Å². The van der Waals surface area contributed by atoms with Crippen LogP contribution in [0.5, 0.6) is 0 Å². The van der Waals surface area contributed by atoms with E-state index in [0.717, 1.165) is 12.0 Å². The van der Waals surface area contributed by atoms with Crippen LogP contribution in [-0.4, -0.2) is 24.1 Å². The van der Waals surface area contributed by atoms with Gasteiger partial charge in [-0.2, -0.15) is 0 Å². The van der Waals surface area contributed by atoms with Crippen LogP contribution in [0.3, 0.4) is 0 Å². The van der Waals surface area contributed by atoms with E-state index in [1.807, 2.05) is 12.1 Å². The standard InChI is InChI=1S/C11H14N2O2/c12-8-9-2-4-10(5-3-9)11(14)13-6-1-7-15-13/h2-5H,1,6-8,12H2. The molecule has 0 bridgehead atoms. The first-order chi connectivity index (χ1) is 7.31. The highest BCUT2D eigenvalue weighted by molar-refractivity contribution is 5.93. The third kappa shape index (κ3) is 2.16. The molecule has 1 fully saturated rings. The van der Waals surface area contributed by atoms with Gasteiger partial charge in [-0.05, 0) is 24.1 Å². The molecule has 1 aliphatic heterocycles. The smallest absolute Gasteiger partial charge is 0.277 e. The van der Waals surface area contributed by atoms with E-state index in [2.05, 4.69) is 0 Å². The first kappa shape index (κ1) is 10.1. The minimum absolute atomic E-state index is 0.0731. The van der Waals surface area contributed by atoms with E-state index in [4.69, 9.17) is 10.6 Å². The van der Waals surface area contributed by atoms with Gasteiger partial charge >= 0.3 is 0 Å². The SMILES string of the molecule is NCc1ccc(C(=O)N2CCCO2)cc1. The summed E-state index contributed by atoms with van der Waals surface area (Å²) in [4.78, 5) is 17.0. The van der Waals surface area contributed by atoms with Crippen molar-refractivity contribution >= 4 is 5.91 Å². The second kappa shape index (κ2) is 4.42. The summed E-state index contributed by atoms with van der Waals surface area (Å²) >= 11 is 0. The van der Waals surface area contributed by atoms with Gasteiger partial charge in [0.1, 0.15) is 0 Å². The zero-order valence-electron chi connectivity index (χ0n) is 8.48. The highest BCUT2D eigenvalue weighted by Crippen LogP contribution is 2.11. The molecule has 0 aliphatic carbocycles. The van der Waals surface area contributed by atoms with Crippen LogP contribution in [0, 0.1) is 0 Å². The van der Waals surface area contributed by atoms with Gasteiger partial charge < -0.3 is 5.73 Å². The normalized spacial score (nSPS) is 15.7. The van der Waals surface area contributed by atoms with Gasteiger partial charge in [0.05, 0.1) is 13.2 Å². The number of rotatable bonds is 2. The first-order valence-electron chi connectivity index (χ1n) is 5.05. The molecule has 0 atom stereocenters. The minimum Gasteiger partial charge on any atom is -0.326 e. The molecule has 15 heavy (non-hydrogen) atoms. The van der Waals surface area contributed by atoms with Crippen molar-refractivity contribution in [3.05, 3.63) is 35.4 Å². The van der Waals surface area contributed by atoms with Gasteiger partial charge in [0.2, 0.25) is 0 Å². The van der Waals surface area contributed by atoms with Gasteiger partial charge in [-0.1, -0.05) is 12.1 Å². The highest BCUT2D eigenvalue weighted by atomic mass is 16.7. The molecule has 80 valence electrons. The lowest BCUT2D eigenvalue weighted by molar-refractivity contribution is -0.0768. The van der Waals surface area contributed by atoms with Gasteiger partial charge in [0, 0.05) is 12.1 Å². The summed E-state index contributed by atoms with van der Waals surface area (Å²) < 4.78 is 0. The minimum atomic E-state index is -0.0731. The molecule has 1 saturated heterocycles. The summed E-state index contributed by atoms with van der Waals surface area (Å²) in [7, 11) is 0. The molecule has 0 spiro atoms. The number of hydroxylamine groups is 2. The fourth-order valence-corrected chi connectivity index (χ4v) is 1.54. The van der Waals surface area contributed by atoms with E-state index in [-0.39, 0.29) is 5.91 Å². The summed E-state index contributed by atoms with van der Waals surface area (Å²) in [6.07, 6.45) is 0.909. The molecule has 4 heteroatoms. The largest absolute Gasteiger partial charge is 0.326 e. The predicted molar refractivity (Wildman–Crippen MR) is 55.9 cm³/mol. The number of nitrogens with zero attached hydrogens (tertiary/aromatic N) is 1. The Morgan fingerprint density at radius 3 is 2.67 bits per heavy atom. The number of amides is 1. The molecule has 1 aromatic carbocycles. The van der Waals surface area contributed by atoms with Crippen LogP contribution in [0.4, 0.5) is 0 Å². The van der Waals surface area contributed by atoms with E-state index < -0.39 is 0 Å². The van der Waals surface area contributed by atoms with Gasteiger partial charge in [0.25, 0.3) is 5.91 Å². The molecule has 1 heterocycles. The predicted octanol–water partition coefficient (Wildman–Crippen LogP) is 0.923. The molecule has 0 unspecified atom stereocenters. The van der Waals surface area contributed by atoms with Crippen molar-refractivity contribution in [2.75, 3.05) is 13.2 Å². The second-order valence-electron chi connectivity index (χ2n) is 3.50. The Morgan fingerprint density at radius 1 is 1.40 bits per heavy atom. The lowest BCUT2D eigenvalue weighted by Gasteiger charge is -2.13. The average Bonchev–Trinajstić information content (AvgIpc) is 2.82. The molecule has 1 aliphatic rings. The molecule has 0 aromatic heterocycles. The van der Waals surface area contributed by atoms with Crippen molar-refractivity contribution in [2.45, 2.75) is 13.0 Å². The fraction of sp³-hybridized carbons (Fsp3) is 0.364. The van der Waals surface area contributed by atoms with Crippen molar-refractivity contribution in [3.8, 4) is 0 Å². The molecule has 1 aromatic rings. The van der Waals surface area contributed by atoms with E-state index in [0.29, 0.717) is 25.3 Å². The average molecular weight is 206 g/mol. The topological polar surface area (TPSA) is 55.6 Å². The van der Waals surface area contributed by atoms with Crippen molar-refractivity contribution in [1.82, 2.24) is 5.06 Å². The monoisotopic (exact) mass is 206 g/mol. The summed E-state index contributed by atoms with van der Waals surface area (Å²) in [5, 5.41) is 1.41. The van der Waals surface area contributed by atoms with Gasteiger partial charge in [-0.15, -0.1) is 0 Å². The van der Waals surface area contributed by atoms with Crippen LogP contribution in [-0.2, 0) is 11.4 Å². The molecule has 2 rings (SSSR count). The van der Waals surface area contributed by atoms with Crippen LogP contribution in [0.2, 0.25) is 0 Å². The quantitative estimate of drug-likeness (QED) is 0.783. The third-order valence-electron chi connectivity index (χ3n) is 2.42. The summed E-state index contributed by atoms with van der Waals surface area (Å²) in [5.74, 6) is -0.0731. The van der Waals surface area contributed by atoms with E-state index in [9.17, 15) is 4.79 Å². The van der Waals surface area contributed by atoms with Crippen LogP contribution in [0.25, 0.3) is 0 Å². The molecular formula is C11H14N2O2. The number of hydrogen-bond acceptors (Lipinski definition) is 3. The fourth-order valence-electron chi connectivity index (χ4n) is 1.54. The summed E-state index contributed by atoms with van der Waals surface area (Å²) in [6.45, 7) is 1.80. The molecular weight excluding hydrogens is 192 g/mol. The van der Waals surface area contributed by atoms with Crippen LogP contribution in [0.1, 0.15) is 22.3 Å².